The van der Waals surface area contributed by atoms with E-state index in [1.807, 2.05) is 68.4 Å². The number of rotatable bonds is 10. The van der Waals surface area contributed by atoms with Crippen molar-refractivity contribution in [3.63, 3.8) is 0 Å². The molecule has 1 amide bonds. The molecule has 9 heteroatoms. The lowest BCUT2D eigenvalue weighted by molar-refractivity contribution is -0.149. The normalized spacial score (nSPS) is 12.6. The Balaban J connectivity index is 1.75. The van der Waals surface area contributed by atoms with E-state index in [0.29, 0.717) is 18.1 Å². The van der Waals surface area contributed by atoms with Gasteiger partial charge in [-0.15, -0.1) is 0 Å². The number of carbonyl (C=O) groups is 2. The SMILES string of the molecule is COc1ccccc1Cc1nc(C(OC(C)=O)[C@@H](NC(=O)OCc2ccccc2)C(C)C)no1. The number of nitrogens with zero attached hydrogens (tertiary/aromatic N) is 2. The molecular formula is C25H29N3O6. The van der Waals surface area contributed by atoms with Gasteiger partial charge in [0.15, 0.2) is 6.10 Å². The van der Waals surface area contributed by atoms with Crippen molar-refractivity contribution in [2.75, 3.05) is 7.11 Å². The minimum absolute atomic E-state index is 0.112. The summed E-state index contributed by atoms with van der Waals surface area (Å²) in [6.45, 7) is 5.16. The summed E-state index contributed by atoms with van der Waals surface area (Å²) in [5, 5.41) is 6.82. The van der Waals surface area contributed by atoms with Gasteiger partial charge in [0, 0.05) is 12.5 Å². The largest absolute Gasteiger partial charge is 0.496 e. The number of esters is 1. The first-order valence-corrected chi connectivity index (χ1v) is 11.0. The summed E-state index contributed by atoms with van der Waals surface area (Å²) in [7, 11) is 1.59. The van der Waals surface area contributed by atoms with E-state index in [1.165, 1.54) is 6.92 Å². The summed E-state index contributed by atoms with van der Waals surface area (Å²) in [6.07, 6.45) is -1.27. The lowest BCUT2D eigenvalue weighted by Gasteiger charge is -2.28. The molecule has 0 saturated heterocycles. The highest BCUT2D eigenvalue weighted by atomic mass is 16.6. The van der Waals surface area contributed by atoms with Gasteiger partial charge in [0.05, 0.1) is 19.6 Å². The number of para-hydroxylation sites is 1. The number of hydrogen-bond acceptors (Lipinski definition) is 8. The molecule has 0 bridgehead atoms. The number of alkyl carbamates (subject to hydrolysis) is 1. The Morgan fingerprint density at radius 3 is 2.44 bits per heavy atom. The first kappa shape index (κ1) is 24.8. The van der Waals surface area contributed by atoms with Gasteiger partial charge >= 0.3 is 12.1 Å². The molecule has 0 saturated carbocycles. The molecule has 1 heterocycles. The second kappa shape index (κ2) is 11.8. The molecular weight excluding hydrogens is 438 g/mol. The maximum atomic E-state index is 12.5. The van der Waals surface area contributed by atoms with Crippen molar-refractivity contribution in [1.82, 2.24) is 15.5 Å². The minimum Gasteiger partial charge on any atom is -0.496 e. The average molecular weight is 468 g/mol. The maximum absolute atomic E-state index is 12.5. The number of methoxy groups -OCH3 is 1. The lowest BCUT2D eigenvalue weighted by atomic mass is 9.98. The van der Waals surface area contributed by atoms with Crippen molar-refractivity contribution < 1.29 is 28.3 Å². The van der Waals surface area contributed by atoms with Crippen LogP contribution in [0.25, 0.3) is 0 Å². The molecule has 9 nitrogen and oxygen atoms in total. The highest BCUT2D eigenvalue weighted by molar-refractivity contribution is 5.68. The molecule has 0 aliphatic rings. The van der Waals surface area contributed by atoms with Crippen LogP contribution < -0.4 is 10.1 Å². The molecule has 0 aliphatic carbocycles. The summed E-state index contributed by atoms with van der Waals surface area (Å²) < 4.78 is 21.6. The topological polar surface area (TPSA) is 113 Å². The van der Waals surface area contributed by atoms with Crippen LogP contribution in [0.5, 0.6) is 5.75 Å². The average Bonchev–Trinajstić information content (AvgIpc) is 3.29. The Bertz CT molecular complexity index is 1080. The summed E-state index contributed by atoms with van der Waals surface area (Å²) >= 11 is 0. The van der Waals surface area contributed by atoms with Gasteiger partial charge in [0.1, 0.15) is 12.4 Å². The molecule has 2 atom stereocenters. The summed E-state index contributed by atoms with van der Waals surface area (Å²) in [5.74, 6) is 0.505. The molecule has 3 rings (SSSR count). The van der Waals surface area contributed by atoms with Crippen LogP contribution in [0, 0.1) is 5.92 Å². The van der Waals surface area contributed by atoms with Crippen molar-refractivity contribution in [3.8, 4) is 5.75 Å². The maximum Gasteiger partial charge on any atom is 0.407 e. The van der Waals surface area contributed by atoms with Crippen LogP contribution in [0.2, 0.25) is 0 Å². The van der Waals surface area contributed by atoms with Gasteiger partial charge < -0.3 is 24.1 Å². The number of hydrogen-bond donors (Lipinski definition) is 1. The Morgan fingerprint density at radius 1 is 1.06 bits per heavy atom. The molecule has 3 aromatic rings. The van der Waals surface area contributed by atoms with E-state index in [0.717, 1.165) is 11.1 Å². The number of aromatic nitrogens is 2. The number of benzene rings is 2. The summed E-state index contributed by atoms with van der Waals surface area (Å²) in [5.41, 5.74) is 1.72. The van der Waals surface area contributed by atoms with E-state index in [9.17, 15) is 9.59 Å². The van der Waals surface area contributed by atoms with Crippen molar-refractivity contribution in [1.29, 1.82) is 0 Å². The molecule has 2 aromatic carbocycles. The van der Waals surface area contributed by atoms with Gasteiger partial charge in [0.2, 0.25) is 11.7 Å². The summed E-state index contributed by atoms with van der Waals surface area (Å²) in [6, 6.07) is 16.2. The zero-order chi connectivity index (χ0) is 24.5. The predicted octanol–water partition coefficient (Wildman–Crippen LogP) is 4.22. The quantitative estimate of drug-likeness (QED) is 0.441. The van der Waals surface area contributed by atoms with Gasteiger partial charge in [0.25, 0.3) is 0 Å². The van der Waals surface area contributed by atoms with Crippen molar-refractivity contribution in [3.05, 3.63) is 77.4 Å². The van der Waals surface area contributed by atoms with Crippen LogP contribution >= 0.6 is 0 Å². The van der Waals surface area contributed by atoms with Gasteiger partial charge in [-0.05, 0) is 17.5 Å². The lowest BCUT2D eigenvalue weighted by Crippen LogP contribution is -2.44. The minimum atomic E-state index is -0.961. The fraction of sp³-hybridized carbons (Fsp3) is 0.360. The van der Waals surface area contributed by atoms with E-state index in [4.69, 9.17) is 18.7 Å². The van der Waals surface area contributed by atoms with E-state index >= 15 is 0 Å². The molecule has 1 unspecified atom stereocenters. The van der Waals surface area contributed by atoms with E-state index in [1.54, 1.807) is 7.11 Å². The standard InChI is InChI=1S/C25H29N3O6/c1-16(2)22(27-25(30)32-15-18-10-6-5-7-11-18)23(33-17(3)29)24-26-21(34-28-24)14-19-12-8-9-13-20(19)31-4/h5-13,16,22-23H,14-15H2,1-4H3,(H,27,30)/t22-,23?/m0/s1. The van der Waals surface area contributed by atoms with Gasteiger partial charge in [-0.3, -0.25) is 4.79 Å². The molecule has 0 spiro atoms. The van der Waals surface area contributed by atoms with Gasteiger partial charge in [-0.1, -0.05) is 67.5 Å². The van der Waals surface area contributed by atoms with Crippen LogP contribution in [-0.2, 0) is 27.3 Å². The molecule has 0 radical (unpaired) electrons. The zero-order valence-corrected chi connectivity index (χ0v) is 19.7. The third-order valence-corrected chi connectivity index (χ3v) is 5.11. The Hall–Kier alpha value is -3.88. The fourth-order valence-electron chi connectivity index (χ4n) is 3.43. The summed E-state index contributed by atoms with van der Waals surface area (Å²) in [4.78, 5) is 28.8. The van der Waals surface area contributed by atoms with Crippen LogP contribution in [0.4, 0.5) is 4.79 Å². The molecule has 180 valence electrons. The highest BCUT2D eigenvalue weighted by Gasteiger charge is 2.34. The second-order valence-corrected chi connectivity index (χ2v) is 8.04. The number of carbonyl (C=O) groups excluding carboxylic acids is 2. The zero-order valence-electron chi connectivity index (χ0n) is 19.7. The second-order valence-electron chi connectivity index (χ2n) is 8.04. The third-order valence-electron chi connectivity index (χ3n) is 5.11. The van der Waals surface area contributed by atoms with E-state index < -0.39 is 24.2 Å². The van der Waals surface area contributed by atoms with E-state index in [2.05, 4.69) is 15.5 Å². The first-order chi connectivity index (χ1) is 16.4. The Labute approximate surface area is 198 Å². The van der Waals surface area contributed by atoms with Crippen molar-refractivity contribution in [2.45, 2.75) is 45.9 Å². The molecule has 34 heavy (non-hydrogen) atoms. The predicted molar refractivity (Wildman–Crippen MR) is 123 cm³/mol. The highest BCUT2D eigenvalue weighted by Crippen LogP contribution is 2.26. The Kier molecular flexibility index (Phi) is 8.61. The van der Waals surface area contributed by atoms with Gasteiger partial charge in [-0.25, -0.2) is 4.79 Å². The molecule has 0 aliphatic heterocycles. The number of nitrogens with one attached hydrogen (secondary N) is 1. The smallest absolute Gasteiger partial charge is 0.407 e. The molecule has 1 N–H and O–H groups in total. The van der Waals surface area contributed by atoms with Gasteiger partial charge in [-0.2, -0.15) is 4.98 Å². The van der Waals surface area contributed by atoms with Crippen LogP contribution in [0.15, 0.2) is 59.1 Å². The third kappa shape index (κ3) is 6.81. The number of ether oxygens (including phenoxy) is 3. The number of amides is 1. The monoisotopic (exact) mass is 467 g/mol. The van der Waals surface area contributed by atoms with Crippen LogP contribution in [0.3, 0.4) is 0 Å². The Morgan fingerprint density at radius 2 is 1.76 bits per heavy atom. The van der Waals surface area contributed by atoms with Crippen molar-refractivity contribution >= 4 is 12.1 Å². The molecule has 1 aromatic heterocycles. The molecule has 0 fully saturated rings. The van der Waals surface area contributed by atoms with Crippen LogP contribution in [-0.4, -0.2) is 35.4 Å². The van der Waals surface area contributed by atoms with Crippen molar-refractivity contribution in [2.24, 2.45) is 5.92 Å². The van der Waals surface area contributed by atoms with Crippen LogP contribution in [0.1, 0.15) is 49.7 Å². The fourth-order valence-corrected chi connectivity index (χ4v) is 3.43. The van der Waals surface area contributed by atoms with E-state index in [-0.39, 0.29) is 18.3 Å². The first-order valence-electron chi connectivity index (χ1n) is 11.0.